The Bertz CT molecular complexity index is 876. The number of hydrogen-bond acceptors (Lipinski definition) is 5. The number of nitrogens with one attached hydrogen (secondary N) is 1. The van der Waals surface area contributed by atoms with Gasteiger partial charge in [0.1, 0.15) is 0 Å². The first-order valence-electron chi connectivity index (χ1n) is 10.6. The molecule has 0 saturated carbocycles. The first-order valence-corrected chi connectivity index (χ1v) is 10.6. The van der Waals surface area contributed by atoms with Gasteiger partial charge in [-0.25, -0.2) is 0 Å². The molecule has 6 heteroatoms. The number of carbonyl (C=O) groups excluding carboxylic acids is 3. The molecule has 0 radical (unpaired) electrons. The second-order valence-electron chi connectivity index (χ2n) is 7.30. The molecule has 0 fully saturated rings. The Morgan fingerprint density at radius 3 is 2.29 bits per heavy atom. The van der Waals surface area contributed by atoms with Crippen molar-refractivity contribution in [3.05, 3.63) is 59.7 Å². The number of rotatable bonds is 11. The highest BCUT2D eigenvalue weighted by Crippen LogP contribution is 2.22. The Kier molecular flexibility index (Phi) is 9.75. The molecule has 1 atom stereocenters. The summed E-state index contributed by atoms with van der Waals surface area (Å²) in [5.41, 5.74) is 4.55. The minimum atomic E-state index is -0.445. The minimum absolute atomic E-state index is 0.0000193. The molecule has 0 bridgehead atoms. The van der Waals surface area contributed by atoms with E-state index in [1.807, 2.05) is 24.3 Å². The number of carbonyl (C=O) groups is 3. The molecule has 0 aliphatic heterocycles. The van der Waals surface area contributed by atoms with E-state index in [0.717, 1.165) is 23.1 Å². The first-order chi connectivity index (χ1) is 14.9. The Balaban J connectivity index is 2.06. The molecule has 166 valence electrons. The summed E-state index contributed by atoms with van der Waals surface area (Å²) >= 11 is 0. The van der Waals surface area contributed by atoms with Crippen LogP contribution in [-0.4, -0.2) is 37.6 Å². The van der Waals surface area contributed by atoms with Gasteiger partial charge in [-0.3, -0.25) is 14.4 Å². The van der Waals surface area contributed by atoms with Crippen molar-refractivity contribution in [2.75, 3.05) is 13.7 Å². The molecular weight excluding hydrogens is 394 g/mol. The van der Waals surface area contributed by atoms with Crippen LogP contribution in [0.1, 0.15) is 44.2 Å². The smallest absolute Gasteiger partial charge is 0.307 e. The van der Waals surface area contributed by atoms with E-state index >= 15 is 0 Å². The van der Waals surface area contributed by atoms with Crippen LogP contribution in [0.3, 0.4) is 0 Å². The van der Waals surface area contributed by atoms with Gasteiger partial charge in [0.15, 0.2) is 0 Å². The maximum absolute atomic E-state index is 12.2. The molecule has 0 heterocycles. The fourth-order valence-corrected chi connectivity index (χ4v) is 3.30. The normalized spacial score (nSPS) is 11.5. The van der Waals surface area contributed by atoms with Gasteiger partial charge in [-0.15, -0.1) is 0 Å². The zero-order valence-electron chi connectivity index (χ0n) is 18.5. The van der Waals surface area contributed by atoms with Crippen LogP contribution in [0.2, 0.25) is 0 Å². The highest BCUT2D eigenvalue weighted by atomic mass is 16.5. The van der Waals surface area contributed by atoms with Crippen LogP contribution in [-0.2, 0) is 36.7 Å². The molecule has 6 nitrogen and oxygen atoms in total. The average molecular weight is 426 g/mol. The summed E-state index contributed by atoms with van der Waals surface area (Å²) in [6.45, 7) is 4.16. The average Bonchev–Trinajstić information content (AvgIpc) is 2.78. The van der Waals surface area contributed by atoms with Gasteiger partial charge in [0.2, 0.25) is 5.91 Å². The molecule has 0 aliphatic carbocycles. The number of amides is 1. The van der Waals surface area contributed by atoms with E-state index in [2.05, 4.69) is 41.2 Å². The molecule has 1 N–H and O–H groups in total. The SMILES string of the molecule is CCOC(=O)C[C@@H](Cc1ccc(-c2cccc(CC)c2)cc1)NC(=O)CCC(=O)OC. The molecule has 0 saturated heterocycles. The summed E-state index contributed by atoms with van der Waals surface area (Å²) in [6, 6.07) is 16.1. The summed E-state index contributed by atoms with van der Waals surface area (Å²) in [4.78, 5) is 35.5. The van der Waals surface area contributed by atoms with Gasteiger partial charge in [0.05, 0.1) is 26.6 Å². The predicted molar refractivity (Wildman–Crippen MR) is 119 cm³/mol. The molecule has 0 aromatic heterocycles. The zero-order valence-corrected chi connectivity index (χ0v) is 18.5. The number of hydrogen-bond donors (Lipinski definition) is 1. The zero-order chi connectivity index (χ0) is 22.6. The summed E-state index contributed by atoms with van der Waals surface area (Å²) in [5.74, 6) is -1.11. The molecule has 2 aromatic carbocycles. The van der Waals surface area contributed by atoms with Crippen molar-refractivity contribution in [2.24, 2.45) is 0 Å². The number of methoxy groups -OCH3 is 1. The first kappa shape index (κ1) is 24.1. The van der Waals surface area contributed by atoms with E-state index in [-0.39, 0.29) is 37.7 Å². The van der Waals surface area contributed by atoms with E-state index in [4.69, 9.17) is 4.74 Å². The van der Waals surface area contributed by atoms with Crippen molar-refractivity contribution in [1.29, 1.82) is 0 Å². The van der Waals surface area contributed by atoms with Crippen LogP contribution in [0, 0.1) is 0 Å². The molecule has 2 aromatic rings. The second kappa shape index (κ2) is 12.5. The topological polar surface area (TPSA) is 81.7 Å². The molecule has 0 aliphatic rings. The molecule has 1 amide bonds. The van der Waals surface area contributed by atoms with Gasteiger partial charge in [0.25, 0.3) is 0 Å². The Morgan fingerprint density at radius 2 is 1.65 bits per heavy atom. The second-order valence-corrected chi connectivity index (χ2v) is 7.30. The van der Waals surface area contributed by atoms with Crippen LogP contribution in [0.15, 0.2) is 48.5 Å². The number of aryl methyl sites for hydroxylation is 1. The molecule has 31 heavy (non-hydrogen) atoms. The Labute approximate surface area is 183 Å². The van der Waals surface area contributed by atoms with Crippen molar-refractivity contribution in [3.63, 3.8) is 0 Å². The highest BCUT2D eigenvalue weighted by Gasteiger charge is 2.19. The lowest BCUT2D eigenvalue weighted by Crippen LogP contribution is -2.38. The van der Waals surface area contributed by atoms with Gasteiger partial charge < -0.3 is 14.8 Å². The van der Waals surface area contributed by atoms with Crippen LogP contribution >= 0.6 is 0 Å². The van der Waals surface area contributed by atoms with E-state index in [0.29, 0.717) is 6.42 Å². The van der Waals surface area contributed by atoms with Crippen LogP contribution in [0.4, 0.5) is 0 Å². The van der Waals surface area contributed by atoms with Crippen LogP contribution in [0.25, 0.3) is 11.1 Å². The summed E-state index contributed by atoms with van der Waals surface area (Å²) in [7, 11) is 1.28. The minimum Gasteiger partial charge on any atom is -0.469 e. The molecule has 0 spiro atoms. The maximum atomic E-state index is 12.2. The van der Waals surface area contributed by atoms with Gasteiger partial charge in [-0.2, -0.15) is 0 Å². The van der Waals surface area contributed by atoms with Gasteiger partial charge in [0, 0.05) is 12.5 Å². The summed E-state index contributed by atoms with van der Waals surface area (Å²) < 4.78 is 9.61. The van der Waals surface area contributed by atoms with E-state index < -0.39 is 12.0 Å². The summed E-state index contributed by atoms with van der Waals surface area (Å²) in [5, 5.41) is 2.85. The highest BCUT2D eigenvalue weighted by molar-refractivity contribution is 5.82. The van der Waals surface area contributed by atoms with Crippen molar-refractivity contribution in [1.82, 2.24) is 5.32 Å². The third-order valence-electron chi connectivity index (χ3n) is 4.97. The third kappa shape index (κ3) is 8.24. The number of ether oxygens (including phenoxy) is 2. The Hall–Kier alpha value is -3.15. The standard InChI is InChI=1S/C25H31NO5/c1-4-18-7-6-8-21(15-18)20-11-9-19(10-12-20)16-22(17-25(29)31-5-2)26-23(27)13-14-24(28)30-3/h6-12,15,22H,4-5,13-14,16-17H2,1-3H3,(H,26,27)/t22-/m1/s1. The fourth-order valence-electron chi connectivity index (χ4n) is 3.30. The van der Waals surface area contributed by atoms with Crippen LogP contribution in [0.5, 0.6) is 0 Å². The Morgan fingerprint density at radius 1 is 0.903 bits per heavy atom. The van der Waals surface area contributed by atoms with Gasteiger partial charge in [-0.05, 0) is 42.0 Å². The number of esters is 2. The molecule has 0 unspecified atom stereocenters. The van der Waals surface area contributed by atoms with Crippen LogP contribution < -0.4 is 5.32 Å². The monoisotopic (exact) mass is 425 g/mol. The lowest BCUT2D eigenvalue weighted by Gasteiger charge is -2.18. The lowest BCUT2D eigenvalue weighted by atomic mass is 9.98. The lowest BCUT2D eigenvalue weighted by molar-refractivity contribution is -0.144. The third-order valence-corrected chi connectivity index (χ3v) is 4.97. The van der Waals surface area contributed by atoms with Crippen molar-refractivity contribution >= 4 is 17.8 Å². The van der Waals surface area contributed by atoms with Crippen molar-refractivity contribution in [2.45, 2.75) is 52.0 Å². The van der Waals surface area contributed by atoms with Crippen molar-refractivity contribution in [3.8, 4) is 11.1 Å². The summed E-state index contributed by atoms with van der Waals surface area (Å²) in [6.07, 6.45) is 1.55. The number of benzene rings is 2. The van der Waals surface area contributed by atoms with E-state index in [1.54, 1.807) is 6.92 Å². The van der Waals surface area contributed by atoms with Crippen molar-refractivity contribution < 1.29 is 23.9 Å². The molecule has 2 rings (SSSR count). The maximum Gasteiger partial charge on any atom is 0.307 e. The quantitative estimate of drug-likeness (QED) is 0.553. The van der Waals surface area contributed by atoms with Gasteiger partial charge >= 0.3 is 11.9 Å². The van der Waals surface area contributed by atoms with E-state index in [9.17, 15) is 14.4 Å². The largest absolute Gasteiger partial charge is 0.469 e. The fraction of sp³-hybridized carbons (Fsp3) is 0.400. The van der Waals surface area contributed by atoms with Gasteiger partial charge in [-0.1, -0.05) is 55.5 Å². The molecular formula is C25H31NO5. The predicted octanol–water partition coefficient (Wildman–Crippen LogP) is 3.85. The van der Waals surface area contributed by atoms with E-state index in [1.165, 1.54) is 12.7 Å².